The van der Waals surface area contributed by atoms with Gasteiger partial charge in [0, 0.05) is 30.3 Å². The van der Waals surface area contributed by atoms with Crippen LogP contribution in [0.15, 0.2) is 22.7 Å². The number of rotatable bonds is 4. The summed E-state index contributed by atoms with van der Waals surface area (Å²) in [5, 5.41) is 9.30. The fourth-order valence-corrected chi connectivity index (χ4v) is 2.00. The molecule has 1 aromatic carbocycles. The van der Waals surface area contributed by atoms with E-state index >= 15 is 0 Å². The lowest BCUT2D eigenvalue weighted by Gasteiger charge is -2.21. The summed E-state index contributed by atoms with van der Waals surface area (Å²) in [6, 6.07) is 6.05. The molecule has 0 spiro atoms. The summed E-state index contributed by atoms with van der Waals surface area (Å²) in [5.41, 5.74) is 7.74. The maximum absolute atomic E-state index is 9.30. The Kier molecular flexibility index (Phi) is 4.57. The zero-order valence-electron chi connectivity index (χ0n) is 9.07. The molecule has 0 saturated carbocycles. The summed E-state index contributed by atoms with van der Waals surface area (Å²) in [7, 11) is 1.95. The van der Waals surface area contributed by atoms with E-state index in [4.69, 9.17) is 5.73 Å². The molecule has 84 valence electrons. The van der Waals surface area contributed by atoms with E-state index in [9.17, 15) is 5.11 Å². The van der Waals surface area contributed by atoms with Crippen LogP contribution >= 0.6 is 15.9 Å². The predicted octanol–water partition coefficient (Wildman–Crippen LogP) is 1.72. The average Bonchev–Trinajstić information content (AvgIpc) is 2.15. The first-order valence-corrected chi connectivity index (χ1v) is 5.71. The van der Waals surface area contributed by atoms with Crippen molar-refractivity contribution in [2.45, 2.75) is 19.6 Å². The Morgan fingerprint density at radius 2 is 2.13 bits per heavy atom. The summed E-state index contributed by atoms with van der Waals surface area (Å²) in [4.78, 5) is 2.01. The number of benzene rings is 1. The Bertz CT molecular complexity index is 328. The van der Waals surface area contributed by atoms with E-state index in [-0.39, 0.29) is 6.10 Å². The topological polar surface area (TPSA) is 49.5 Å². The van der Waals surface area contributed by atoms with Gasteiger partial charge in [0.1, 0.15) is 0 Å². The van der Waals surface area contributed by atoms with Gasteiger partial charge in [0.2, 0.25) is 0 Å². The highest BCUT2D eigenvalue weighted by atomic mass is 79.9. The van der Waals surface area contributed by atoms with Gasteiger partial charge in [-0.1, -0.05) is 15.9 Å². The van der Waals surface area contributed by atoms with E-state index in [1.807, 2.05) is 30.1 Å². The lowest BCUT2D eigenvalue weighted by atomic mass is 10.2. The number of aliphatic hydroxyl groups excluding tert-OH is 1. The second kappa shape index (κ2) is 5.49. The fourth-order valence-electron chi connectivity index (χ4n) is 1.47. The summed E-state index contributed by atoms with van der Waals surface area (Å²) in [6.07, 6.45) is -0.338. The van der Waals surface area contributed by atoms with Crippen LogP contribution in [0.25, 0.3) is 0 Å². The molecule has 1 aromatic rings. The van der Waals surface area contributed by atoms with Gasteiger partial charge in [0.15, 0.2) is 0 Å². The molecule has 0 aliphatic heterocycles. The summed E-state index contributed by atoms with van der Waals surface area (Å²) in [5.74, 6) is 0. The number of hydrogen-bond acceptors (Lipinski definition) is 3. The van der Waals surface area contributed by atoms with Crippen LogP contribution in [-0.4, -0.2) is 24.8 Å². The molecule has 1 rings (SSSR count). The van der Waals surface area contributed by atoms with Crippen LogP contribution in [0.5, 0.6) is 0 Å². The maximum atomic E-state index is 9.30. The zero-order chi connectivity index (χ0) is 11.4. The molecule has 0 bridgehead atoms. The Morgan fingerprint density at radius 3 is 2.67 bits per heavy atom. The third-order valence-electron chi connectivity index (χ3n) is 2.16. The van der Waals surface area contributed by atoms with Crippen molar-refractivity contribution < 1.29 is 5.11 Å². The molecule has 1 atom stereocenters. The summed E-state index contributed by atoms with van der Waals surface area (Å²) >= 11 is 3.44. The average molecular weight is 273 g/mol. The van der Waals surface area contributed by atoms with Gasteiger partial charge in [0.25, 0.3) is 0 Å². The van der Waals surface area contributed by atoms with Crippen molar-refractivity contribution in [2.75, 3.05) is 18.5 Å². The monoisotopic (exact) mass is 272 g/mol. The first kappa shape index (κ1) is 12.5. The minimum absolute atomic E-state index is 0.338. The van der Waals surface area contributed by atoms with Gasteiger partial charge in [-0.2, -0.15) is 0 Å². The first-order chi connectivity index (χ1) is 7.02. The molecule has 0 radical (unpaired) electrons. The first-order valence-electron chi connectivity index (χ1n) is 4.91. The molecule has 0 heterocycles. The Morgan fingerprint density at radius 1 is 1.47 bits per heavy atom. The summed E-state index contributed by atoms with van der Waals surface area (Å²) < 4.78 is 1.01. The maximum Gasteiger partial charge on any atom is 0.0686 e. The number of nitrogens with zero attached hydrogens (tertiary/aromatic N) is 1. The number of aliphatic hydroxyl groups is 1. The van der Waals surface area contributed by atoms with Gasteiger partial charge in [0.05, 0.1) is 6.10 Å². The quantitative estimate of drug-likeness (QED) is 0.878. The molecule has 4 heteroatoms. The molecule has 0 aromatic heterocycles. The molecular weight excluding hydrogens is 256 g/mol. The predicted molar refractivity (Wildman–Crippen MR) is 67.0 cm³/mol. The molecular formula is C11H17BrN2O. The number of nitrogens with two attached hydrogens (primary N) is 1. The van der Waals surface area contributed by atoms with Crippen LogP contribution in [-0.2, 0) is 6.54 Å². The van der Waals surface area contributed by atoms with Crippen molar-refractivity contribution in [1.29, 1.82) is 0 Å². The van der Waals surface area contributed by atoms with Crippen LogP contribution in [0.2, 0.25) is 0 Å². The van der Waals surface area contributed by atoms with Crippen LogP contribution in [0.4, 0.5) is 5.69 Å². The van der Waals surface area contributed by atoms with Gasteiger partial charge in [-0.25, -0.2) is 0 Å². The summed E-state index contributed by atoms with van der Waals surface area (Å²) in [6.45, 7) is 2.91. The van der Waals surface area contributed by atoms with Crippen molar-refractivity contribution in [3.05, 3.63) is 28.2 Å². The lowest BCUT2D eigenvalue weighted by molar-refractivity contribution is 0.201. The van der Waals surface area contributed by atoms with Gasteiger partial charge in [-0.05, 0) is 30.7 Å². The third kappa shape index (κ3) is 3.81. The van der Waals surface area contributed by atoms with Gasteiger partial charge >= 0.3 is 0 Å². The Labute approximate surface area is 99.0 Å². The van der Waals surface area contributed by atoms with E-state index in [0.29, 0.717) is 13.1 Å². The van der Waals surface area contributed by atoms with Crippen molar-refractivity contribution in [2.24, 2.45) is 5.73 Å². The second-order valence-electron chi connectivity index (χ2n) is 3.75. The lowest BCUT2D eigenvalue weighted by Crippen LogP contribution is -2.26. The molecule has 0 saturated heterocycles. The van der Waals surface area contributed by atoms with Crippen LogP contribution in [0, 0.1) is 0 Å². The molecule has 0 fully saturated rings. The number of halogens is 1. The van der Waals surface area contributed by atoms with E-state index in [1.165, 1.54) is 0 Å². The van der Waals surface area contributed by atoms with Crippen molar-refractivity contribution >= 4 is 21.6 Å². The zero-order valence-corrected chi connectivity index (χ0v) is 10.7. The Hall–Kier alpha value is -0.580. The van der Waals surface area contributed by atoms with Crippen molar-refractivity contribution in [1.82, 2.24) is 0 Å². The highest BCUT2D eigenvalue weighted by Gasteiger charge is 2.06. The van der Waals surface area contributed by atoms with Gasteiger partial charge < -0.3 is 15.7 Å². The van der Waals surface area contributed by atoms with Crippen LogP contribution < -0.4 is 10.6 Å². The third-order valence-corrected chi connectivity index (χ3v) is 2.61. The molecule has 1 unspecified atom stereocenters. The van der Waals surface area contributed by atoms with Gasteiger partial charge in [-0.3, -0.25) is 0 Å². The van der Waals surface area contributed by atoms with Crippen molar-refractivity contribution in [3.8, 4) is 0 Å². The molecule has 15 heavy (non-hydrogen) atoms. The van der Waals surface area contributed by atoms with E-state index < -0.39 is 0 Å². The van der Waals surface area contributed by atoms with Gasteiger partial charge in [-0.15, -0.1) is 0 Å². The minimum atomic E-state index is -0.338. The smallest absolute Gasteiger partial charge is 0.0686 e. The number of likely N-dealkylation sites (N-methyl/N-ethyl adjacent to an activating group) is 1. The number of anilines is 1. The van der Waals surface area contributed by atoms with Crippen LogP contribution in [0.3, 0.4) is 0 Å². The molecule has 3 nitrogen and oxygen atoms in total. The second-order valence-corrected chi connectivity index (χ2v) is 4.67. The van der Waals surface area contributed by atoms with E-state index in [1.54, 1.807) is 6.92 Å². The van der Waals surface area contributed by atoms with E-state index in [0.717, 1.165) is 15.7 Å². The van der Waals surface area contributed by atoms with Crippen LogP contribution in [0.1, 0.15) is 12.5 Å². The fraction of sp³-hybridized carbons (Fsp3) is 0.455. The molecule has 0 aliphatic rings. The van der Waals surface area contributed by atoms with Crippen molar-refractivity contribution in [3.63, 3.8) is 0 Å². The van der Waals surface area contributed by atoms with E-state index in [2.05, 4.69) is 15.9 Å². The minimum Gasteiger partial charge on any atom is -0.392 e. The standard InChI is InChI=1S/C11H17BrN2O/c1-8(15)7-14(2)11-4-9(6-13)3-10(12)5-11/h3-5,8,15H,6-7,13H2,1-2H3. The Balaban J connectivity index is 2.88. The number of hydrogen-bond donors (Lipinski definition) is 2. The molecule has 0 aliphatic carbocycles. The SMILES string of the molecule is CC(O)CN(C)c1cc(Br)cc(CN)c1. The molecule has 0 amide bonds. The highest BCUT2D eigenvalue weighted by Crippen LogP contribution is 2.22. The molecule has 3 N–H and O–H groups in total. The highest BCUT2D eigenvalue weighted by molar-refractivity contribution is 9.10. The normalized spacial score (nSPS) is 12.6. The largest absolute Gasteiger partial charge is 0.392 e.